The fourth-order valence-electron chi connectivity index (χ4n) is 3.66. The van der Waals surface area contributed by atoms with Crippen LogP contribution in [-0.4, -0.2) is 74.1 Å². The van der Waals surface area contributed by atoms with E-state index >= 15 is 0 Å². The molecule has 174 valence electrons. The third-order valence-corrected chi connectivity index (χ3v) is 5.40. The zero-order chi connectivity index (χ0) is 22.9. The summed E-state index contributed by atoms with van der Waals surface area (Å²) in [5.41, 5.74) is 1.85. The number of nitrogens with zero attached hydrogens (tertiary/aromatic N) is 3. The number of aromatic nitrogens is 2. The first kappa shape index (κ1) is 23.7. The fourth-order valence-corrected chi connectivity index (χ4v) is 3.66. The van der Waals surface area contributed by atoms with Gasteiger partial charge in [0.1, 0.15) is 23.7 Å². The molecule has 0 saturated carbocycles. The maximum atomic E-state index is 12.5. The van der Waals surface area contributed by atoms with Crippen molar-refractivity contribution >= 4 is 17.3 Å². The van der Waals surface area contributed by atoms with Gasteiger partial charge in [-0.1, -0.05) is 25.5 Å². The van der Waals surface area contributed by atoms with Gasteiger partial charge >= 0.3 is 0 Å². The van der Waals surface area contributed by atoms with E-state index in [1.165, 1.54) is 0 Å². The largest absolute Gasteiger partial charge is 0.492 e. The molecule has 0 bridgehead atoms. The zero-order valence-corrected chi connectivity index (χ0v) is 19.2. The van der Waals surface area contributed by atoms with Gasteiger partial charge in [-0.05, 0) is 24.1 Å². The number of morpholine rings is 1. The molecule has 1 fully saturated rings. The molecule has 0 atom stereocenters. The number of hydrogen-bond acceptors (Lipinski definition) is 8. The van der Waals surface area contributed by atoms with E-state index in [-0.39, 0.29) is 5.56 Å². The van der Waals surface area contributed by atoms with Gasteiger partial charge in [-0.2, -0.15) is 0 Å². The van der Waals surface area contributed by atoms with Gasteiger partial charge < -0.3 is 25.1 Å². The average Bonchev–Trinajstić information content (AvgIpc) is 2.79. The van der Waals surface area contributed by atoms with Crippen molar-refractivity contribution in [3.05, 3.63) is 45.9 Å². The predicted octanol–water partition coefficient (Wildman–Crippen LogP) is 2.33. The normalized spacial score (nSPS) is 14.2. The molecule has 2 heterocycles. The highest BCUT2D eigenvalue weighted by Gasteiger charge is 2.16. The molecule has 1 aromatic carbocycles. The van der Waals surface area contributed by atoms with Crippen LogP contribution in [0.2, 0.25) is 0 Å². The molecule has 0 unspecified atom stereocenters. The van der Waals surface area contributed by atoms with Gasteiger partial charge in [0.15, 0.2) is 0 Å². The lowest BCUT2D eigenvalue weighted by Crippen LogP contribution is -2.38. The lowest BCUT2D eigenvalue weighted by atomic mass is 10.1. The molecule has 0 spiro atoms. The SMILES string of the molecule is CCCC(=N)c1nc(N(C)Cc2cccc(OCCN3CCOCC3)c2)[nH]c(=O)c1NC. The molecule has 9 nitrogen and oxygen atoms in total. The number of ether oxygens (including phenoxy) is 2. The number of benzene rings is 1. The summed E-state index contributed by atoms with van der Waals surface area (Å²) in [5, 5.41) is 11.2. The van der Waals surface area contributed by atoms with Crippen LogP contribution in [0.4, 0.5) is 11.6 Å². The van der Waals surface area contributed by atoms with Gasteiger partial charge in [0.2, 0.25) is 5.95 Å². The van der Waals surface area contributed by atoms with Crippen LogP contribution in [0.25, 0.3) is 0 Å². The molecular weight excluding hydrogens is 408 g/mol. The molecule has 3 rings (SSSR count). The summed E-state index contributed by atoms with van der Waals surface area (Å²) in [6, 6.07) is 7.95. The summed E-state index contributed by atoms with van der Waals surface area (Å²) in [5.74, 6) is 1.25. The molecule has 0 aliphatic carbocycles. The van der Waals surface area contributed by atoms with Crippen LogP contribution in [0, 0.1) is 5.41 Å². The third kappa shape index (κ3) is 6.30. The molecule has 0 amide bonds. The number of hydrogen-bond donors (Lipinski definition) is 3. The van der Waals surface area contributed by atoms with Crippen LogP contribution in [0.3, 0.4) is 0 Å². The quantitative estimate of drug-likeness (QED) is 0.459. The van der Waals surface area contributed by atoms with E-state index in [1.807, 2.05) is 43.1 Å². The highest BCUT2D eigenvalue weighted by molar-refractivity contribution is 6.01. The van der Waals surface area contributed by atoms with E-state index < -0.39 is 0 Å². The molecule has 3 N–H and O–H groups in total. The molecule has 0 radical (unpaired) electrons. The van der Waals surface area contributed by atoms with E-state index in [1.54, 1.807) is 7.05 Å². The molecule has 1 saturated heterocycles. The Labute approximate surface area is 189 Å². The van der Waals surface area contributed by atoms with Gasteiger partial charge in [0, 0.05) is 40.3 Å². The second kappa shape index (κ2) is 11.6. The van der Waals surface area contributed by atoms with E-state index in [0.717, 1.165) is 50.6 Å². The fraction of sp³-hybridized carbons (Fsp3) is 0.522. The molecule has 9 heteroatoms. The van der Waals surface area contributed by atoms with Crippen LogP contribution < -0.4 is 20.5 Å². The maximum Gasteiger partial charge on any atom is 0.276 e. The van der Waals surface area contributed by atoms with Crippen molar-refractivity contribution < 1.29 is 9.47 Å². The summed E-state index contributed by atoms with van der Waals surface area (Å²) in [7, 11) is 3.54. The zero-order valence-electron chi connectivity index (χ0n) is 19.2. The van der Waals surface area contributed by atoms with Crippen molar-refractivity contribution in [2.45, 2.75) is 26.3 Å². The molecule has 2 aromatic rings. The van der Waals surface area contributed by atoms with Crippen molar-refractivity contribution in [1.29, 1.82) is 5.41 Å². The van der Waals surface area contributed by atoms with Gasteiger partial charge in [0.05, 0.1) is 18.9 Å². The minimum atomic E-state index is -0.277. The molecule has 1 aliphatic heterocycles. The minimum Gasteiger partial charge on any atom is -0.492 e. The third-order valence-electron chi connectivity index (χ3n) is 5.40. The molecule has 1 aromatic heterocycles. The first-order chi connectivity index (χ1) is 15.5. The van der Waals surface area contributed by atoms with Crippen molar-refractivity contribution in [2.24, 2.45) is 0 Å². The van der Waals surface area contributed by atoms with Crippen LogP contribution in [0.15, 0.2) is 29.1 Å². The lowest BCUT2D eigenvalue weighted by Gasteiger charge is -2.26. The lowest BCUT2D eigenvalue weighted by molar-refractivity contribution is 0.0322. The first-order valence-electron chi connectivity index (χ1n) is 11.1. The second-order valence-corrected chi connectivity index (χ2v) is 7.90. The summed E-state index contributed by atoms with van der Waals surface area (Å²) in [6.07, 6.45) is 1.39. The molecular formula is C23H34N6O3. The highest BCUT2D eigenvalue weighted by atomic mass is 16.5. The van der Waals surface area contributed by atoms with Gasteiger partial charge in [-0.25, -0.2) is 4.98 Å². The Hall–Kier alpha value is -2.91. The number of aromatic amines is 1. The van der Waals surface area contributed by atoms with Crippen molar-refractivity contribution in [1.82, 2.24) is 14.9 Å². The van der Waals surface area contributed by atoms with Crippen LogP contribution >= 0.6 is 0 Å². The average molecular weight is 443 g/mol. The topological polar surface area (TPSA) is 107 Å². The Kier molecular flexibility index (Phi) is 8.64. The summed E-state index contributed by atoms with van der Waals surface area (Å²) in [4.78, 5) is 24.2. The Morgan fingerprint density at radius 3 is 2.88 bits per heavy atom. The Balaban J connectivity index is 1.66. The maximum absolute atomic E-state index is 12.5. The Bertz CT molecular complexity index is 955. The summed E-state index contributed by atoms with van der Waals surface area (Å²) in [6.45, 7) is 7.52. The van der Waals surface area contributed by atoms with E-state index in [9.17, 15) is 4.79 Å². The van der Waals surface area contributed by atoms with Crippen molar-refractivity contribution in [2.75, 3.05) is 63.8 Å². The van der Waals surface area contributed by atoms with Crippen molar-refractivity contribution in [3.8, 4) is 5.75 Å². The van der Waals surface area contributed by atoms with Gasteiger partial charge in [-0.15, -0.1) is 0 Å². The van der Waals surface area contributed by atoms with Crippen LogP contribution in [0.1, 0.15) is 31.0 Å². The molecule has 1 aliphatic rings. The minimum absolute atomic E-state index is 0.277. The van der Waals surface area contributed by atoms with E-state index in [0.29, 0.717) is 42.6 Å². The standard InChI is InChI=1S/C23H34N6O3/c1-4-6-19(24)20-21(25-2)22(30)27-23(26-20)28(3)16-17-7-5-8-18(15-17)32-14-11-29-9-12-31-13-10-29/h5,7-8,15,24-25H,4,6,9-14,16H2,1-3H3,(H,26,27,30). The van der Waals surface area contributed by atoms with Gasteiger partial charge in [-0.3, -0.25) is 14.7 Å². The number of rotatable bonds is 11. The van der Waals surface area contributed by atoms with Crippen LogP contribution in [-0.2, 0) is 11.3 Å². The predicted molar refractivity (Wildman–Crippen MR) is 127 cm³/mol. The number of anilines is 2. The summed E-state index contributed by atoms with van der Waals surface area (Å²) >= 11 is 0. The Morgan fingerprint density at radius 1 is 1.38 bits per heavy atom. The van der Waals surface area contributed by atoms with Crippen LogP contribution in [0.5, 0.6) is 5.75 Å². The first-order valence-corrected chi connectivity index (χ1v) is 11.1. The van der Waals surface area contributed by atoms with Crippen molar-refractivity contribution in [3.63, 3.8) is 0 Å². The van der Waals surface area contributed by atoms with E-state index in [2.05, 4.69) is 20.2 Å². The Morgan fingerprint density at radius 2 is 2.16 bits per heavy atom. The highest BCUT2D eigenvalue weighted by Crippen LogP contribution is 2.18. The molecule has 32 heavy (non-hydrogen) atoms. The number of H-pyrrole nitrogens is 1. The van der Waals surface area contributed by atoms with Gasteiger partial charge in [0.25, 0.3) is 5.56 Å². The summed E-state index contributed by atoms with van der Waals surface area (Å²) < 4.78 is 11.3. The monoisotopic (exact) mass is 442 g/mol. The second-order valence-electron chi connectivity index (χ2n) is 7.90. The smallest absolute Gasteiger partial charge is 0.276 e. The number of nitrogens with one attached hydrogen (secondary N) is 3. The van der Waals surface area contributed by atoms with E-state index in [4.69, 9.17) is 14.9 Å².